The second kappa shape index (κ2) is 9.28. The Morgan fingerprint density at radius 1 is 1.13 bits per heavy atom. The molecule has 10 heteroatoms. The van der Waals surface area contributed by atoms with Crippen LogP contribution < -0.4 is 0 Å². The maximum absolute atomic E-state index is 11.4. The van der Waals surface area contributed by atoms with E-state index in [1.165, 1.54) is 0 Å². The summed E-state index contributed by atoms with van der Waals surface area (Å²) in [6.07, 6.45) is 1.86. The molecular weight excluding hydrogens is 324 g/mol. The lowest BCUT2D eigenvalue weighted by Crippen LogP contribution is -2.39. The Labute approximate surface area is 136 Å². The Morgan fingerprint density at radius 2 is 1.83 bits per heavy atom. The van der Waals surface area contributed by atoms with E-state index in [1.54, 1.807) is 4.68 Å². The van der Waals surface area contributed by atoms with Crippen LogP contribution in [0.5, 0.6) is 0 Å². The van der Waals surface area contributed by atoms with Crippen LogP contribution in [0.1, 0.15) is 5.69 Å². The summed E-state index contributed by atoms with van der Waals surface area (Å²) in [6, 6.07) is 0. The van der Waals surface area contributed by atoms with Gasteiger partial charge in [0, 0.05) is 25.8 Å². The van der Waals surface area contributed by atoms with Crippen LogP contribution in [-0.4, -0.2) is 91.0 Å². The summed E-state index contributed by atoms with van der Waals surface area (Å²) in [7, 11) is -2.85. The molecule has 1 saturated heterocycles. The lowest BCUT2D eigenvalue weighted by Gasteiger charge is -2.25. The molecule has 2 heterocycles. The standard InChI is InChI=1S/C13H24N4O5S/c18-4-6-22-8-7-21-5-1-17-12-13(14-15-17)11-16-2-9-23(19,20)10-3-16/h12,18H,1-11H2. The van der Waals surface area contributed by atoms with Gasteiger partial charge in [-0.2, -0.15) is 0 Å². The molecule has 132 valence electrons. The lowest BCUT2D eigenvalue weighted by molar-refractivity contribution is 0.0302. The average molecular weight is 348 g/mol. The normalized spacial score (nSPS) is 18.3. The van der Waals surface area contributed by atoms with Gasteiger partial charge in [-0.05, 0) is 0 Å². The predicted octanol–water partition coefficient (Wildman–Crippen LogP) is -1.47. The smallest absolute Gasteiger partial charge is 0.152 e. The van der Waals surface area contributed by atoms with Gasteiger partial charge in [0.2, 0.25) is 0 Å². The molecule has 9 nitrogen and oxygen atoms in total. The largest absolute Gasteiger partial charge is 0.394 e. The number of ether oxygens (including phenoxy) is 2. The third kappa shape index (κ3) is 6.92. The van der Waals surface area contributed by atoms with Crippen LogP contribution in [0.2, 0.25) is 0 Å². The summed E-state index contributed by atoms with van der Waals surface area (Å²) in [6.45, 7) is 4.10. The molecule has 1 aliphatic heterocycles. The fourth-order valence-corrected chi connectivity index (χ4v) is 3.48. The van der Waals surface area contributed by atoms with Gasteiger partial charge < -0.3 is 14.6 Å². The summed E-state index contributed by atoms with van der Waals surface area (Å²) in [5.74, 6) is 0.431. The van der Waals surface area contributed by atoms with E-state index in [-0.39, 0.29) is 18.1 Å². The monoisotopic (exact) mass is 348 g/mol. The molecule has 1 N–H and O–H groups in total. The summed E-state index contributed by atoms with van der Waals surface area (Å²) in [5.41, 5.74) is 0.829. The van der Waals surface area contributed by atoms with E-state index in [4.69, 9.17) is 14.6 Å². The maximum Gasteiger partial charge on any atom is 0.152 e. The number of aliphatic hydroxyl groups excluding tert-OH is 1. The number of hydrogen-bond acceptors (Lipinski definition) is 8. The molecule has 0 spiro atoms. The van der Waals surface area contributed by atoms with Crippen molar-refractivity contribution in [1.29, 1.82) is 0 Å². The van der Waals surface area contributed by atoms with Crippen molar-refractivity contribution in [2.45, 2.75) is 13.1 Å². The average Bonchev–Trinajstić information content (AvgIpc) is 2.96. The number of aliphatic hydroxyl groups is 1. The molecule has 0 aromatic carbocycles. The van der Waals surface area contributed by atoms with Crippen molar-refractivity contribution in [2.24, 2.45) is 0 Å². The van der Waals surface area contributed by atoms with Crippen LogP contribution in [0.4, 0.5) is 0 Å². The van der Waals surface area contributed by atoms with E-state index in [2.05, 4.69) is 15.2 Å². The number of nitrogens with zero attached hydrogens (tertiary/aromatic N) is 4. The summed E-state index contributed by atoms with van der Waals surface area (Å²) in [5, 5.41) is 16.7. The Hall–Kier alpha value is -1.07. The van der Waals surface area contributed by atoms with Gasteiger partial charge in [-0.1, -0.05) is 5.21 Å². The molecule has 0 bridgehead atoms. The molecule has 0 radical (unpaired) electrons. The van der Waals surface area contributed by atoms with Crippen LogP contribution in [0.25, 0.3) is 0 Å². The Morgan fingerprint density at radius 3 is 2.52 bits per heavy atom. The first-order chi connectivity index (χ1) is 11.1. The van der Waals surface area contributed by atoms with Crippen molar-refractivity contribution in [3.63, 3.8) is 0 Å². The van der Waals surface area contributed by atoms with Crippen molar-refractivity contribution >= 4 is 9.84 Å². The Balaban J connectivity index is 1.62. The Kier molecular flexibility index (Phi) is 7.37. The predicted molar refractivity (Wildman–Crippen MR) is 82.7 cm³/mol. The second-order valence-electron chi connectivity index (χ2n) is 5.35. The summed E-state index contributed by atoms with van der Waals surface area (Å²) >= 11 is 0. The molecule has 1 aliphatic rings. The molecule has 1 fully saturated rings. The topological polar surface area (TPSA) is 107 Å². The van der Waals surface area contributed by atoms with Gasteiger partial charge in [-0.15, -0.1) is 5.10 Å². The van der Waals surface area contributed by atoms with Gasteiger partial charge in [0.1, 0.15) is 0 Å². The van der Waals surface area contributed by atoms with Crippen LogP contribution in [0, 0.1) is 0 Å². The SMILES string of the molecule is O=S1(=O)CCN(Cc2cn(CCOCCOCCO)nn2)CC1. The zero-order valence-electron chi connectivity index (χ0n) is 13.1. The first-order valence-corrected chi connectivity index (χ1v) is 9.49. The van der Waals surface area contributed by atoms with Gasteiger partial charge in [0.15, 0.2) is 9.84 Å². The molecule has 0 amide bonds. The quantitative estimate of drug-likeness (QED) is 0.511. The van der Waals surface area contributed by atoms with Gasteiger partial charge >= 0.3 is 0 Å². The number of rotatable bonds is 10. The van der Waals surface area contributed by atoms with Crippen LogP contribution >= 0.6 is 0 Å². The number of aromatic nitrogens is 3. The van der Waals surface area contributed by atoms with E-state index in [9.17, 15) is 8.42 Å². The highest BCUT2D eigenvalue weighted by Gasteiger charge is 2.22. The van der Waals surface area contributed by atoms with Crippen molar-refractivity contribution in [1.82, 2.24) is 19.9 Å². The van der Waals surface area contributed by atoms with E-state index in [0.29, 0.717) is 52.6 Å². The van der Waals surface area contributed by atoms with Crippen molar-refractivity contribution in [2.75, 3.05) is 57.6 Å². The molecule has 0 unspecified atom stereocenters. The number of sulfone groups is 1. The molecule has 1 aromatic rings. The van der Waals surface area contributed by atoms with Crippen LogP contribution in [0.3, 0.4) is 0 Å². The first-order valence-electron chi connectivity index (χ1n) is 7.67. The van der Waals surface area contributed by atoms with Crippen molar-refractivity contribution in [3.8, 4) is 0 Å². The summed E-state index contributed by atoms with van der Waals surface area (Å²) in [4.78, 5) is 2.07. The van der Waals surface area contributed by atoms with Gasteiger partial charge in [0.25, 0.3) is 0 Å². The number of hydrogen-bond donors (Lipinski definition) is 1. The van der Waals surface area contributed by atoms with Gasteiger partial charge in [-0.25, -0.2) is 13.1 Å². The van der Waals surface area contributed by atoms with Crippen molar-refractivity contribution < 1.29 is 23.0 Å². The second-order valence-corrected chi connectivity index (χ2v) is 7.65. The molecular formula is C13H24N4O5S. The molecule has 0 atom stereocenters. The van der Waals surface area contributed by atoms with E-state index < -0.39 is 9.84 Å². The highest BCUT2D eigenvalue weighted by atomic mass is 32.2. The van der Waals surface area contributed by atoms with Crippen LogP contribution in [0.15, 0.2) is 6.20 Å². The molecule has 2 rings (SSSR count). The molecule has 23 heavy (non-hydrogen) atoms. The molecule has 0 saturated carbocycles. The van der Waals surface area contributed by atoms with E-state index in [0.717, 1.165) is 5.69 Å². The highest BCUT2D eigenvalue weighted by Crippen LogP contribution is 2.07. The minimum Gasteiger partial charge on any atom is -0.394 e. The Bertz CT molecular complexity index is 548. The van der Waals surface area contributed by atoms with Gasteiger partial charge in [-0.3, -0.25) is 4.90 Å². The zero-order chi connectivity index (χ0) is 16.5. The first kappa shape index (κ1) is 18.3. The fourth-order valence-electron chi connectivity index (χ4n) is 2.20. The van der Waals surface area contributed by atoms with E-state index >= 15 is 0 Å². The molecule has 0 aliphatic carbocycles. The summed E-state index contributed by atoms with van der Waals surface area (Å²) < 4.78 is 35.0. The third-order valence-corrected chi connectivity index (χ3v) is 5.09. The maximum atomic E-state index is 11.4. The third-order valence-electron chi connectivity index (χ3n) is 3.48. The minimum absolute atomic E-state index is 0.0185. The van der Waals surface area contributed by atoms with E-state index in [1.807, 2.05) is 6.20 Å². The fraction of sp³-hybridized carbons (Fsp3) is 0.846. The van der Waals surface area contributed by atoms with Crippen molar-refractivity contribution in [3.05, 3.63) is 11.9 Å². The van der Waals surface area contributed by atoms with Crippen LogP contribution in [-0.2, 0) is 32.4 Å². The van der Waals surface area contributed by atoms with Gasteiger partial charge in [0.05, 0.1) is 56.8 Å². The lowest BCUT2D eigenvalue weighted by atomic mass is 10.4. The highest BCUT2D eigenvalue weighted by molar-refractivity contribution is 7.91. The minimum atomic E-state index is -2.85. The molecule has 1 aromatic heterocycles. The zero-order valence-corrected chi connectivity index (χ0v) is 13.9.